The topological polar surface area (TPSA) is 92.0 Å². The Labute approximate surface area is 171 Å². The van der Waals surface area contributed by atoms with Crippen LogP contribution in [-0.4, -0.2) is 43.6 Å². The summed E-state index contributed by atoms with van der Waals surface area (Å²) in [5.41, 5.74) is 0.755. The molecule has 0 aliphatic carbocycles. The molecule has 0 unspecified atom stereocenters. The molecule has 0 fully saturated rings. The van der Waals surface area contributed by atoms with Gasteiger partial charge in [-0.15, -0.1) is 0 Å². The van der Waals surface area contributed by atoms with Gasteiger partial charge in [-0.3, -0.25) is 9.79 Å². The molecule has 1 aliphatic heterocycles. The first-order valence-electron chi connectivity index (χ1n) is 9.80. The average Bonchev–Trinajstić information content (AvgIpc) is 3.18. The fourth-order valence-electron chi connectivity index (χ4n) is 2.96. The van der Waals surface area contributed by atoms with Gasteiger partial charge >= 0.3 is 0 Å². The summed E-state index contributed by atoms with van der Waals surface area (Å²) in [4.78, 5) is 22.5. The number of nitrogens with one attached hydrogen (secondary N) is 2. The van der Waals surface area contributed by atoms with E-state index < -0.39 is 0 Å². The molecule has 156 valence electrons. The van der Waals surface area contributed by atoms with Crippen molar-refractivity contribution in [1.82, 2.24) is 15.6 Å². The SMILES string of the molecule is CN=C(NCCCN1C(=O)COc2ccccc21)NCc1ncc(C(C)(C)C)o1. The van der Waals surface area contributed by atoms with Gasteiger partial charge in [0.1, 0.15) is 11.5 Å². The fraction of sp³-hybridized carbons (Fsp3) is 0.476. The van der Waals surface area contributed by atoms with E-state index in [0.29, 0.717) is 31.5 Å². The molecule has 1 aromatic heterocycles. The third kappa shape index (κ3) is 5.28. The number of hydrogen-bond acceptors (Lipinski definition) is 5. The Bertz CT molecular complexity index is 869. The Morgan fingerprint density at radius 2 is 2.07 bits per heavy atom. The van der Waals surface area contributed by atoms with Gasteiger partial charge < -0.3 is 24.7 Å². The zero-order valence-electron chi connectivity index (χ0n) is 17.5. The van der Waals surface area contributed by atoms with Crippen molar-refractivity contribution in [2.24, 2.45) is 4.99 Å². The molecule has 2 heterocycles. The molecule has 0 saturated carbocycles. The van der Waals surface area contributed by atoms with Gasteiger partial charge in [-0.25, -0.2) is 4.98 Å². The summed E-state index contributed by atoms with van der Waals surface area (Å²) in [5.74, 6) is 2.86. The van der Waals surface area contributed by atoms with E-state index in [2.05, 4.69) is 41.4 Å². The van der Waals surface area contributed by atoms with Crippen LogP contribution in [0.3, 0.4) is 0 Å². The molecule has 0 spiro atoms. The maximum Gasteiger partial charge on any atom is 0.265 e. The second kappa shape index (κ2) is 8.98. The van der Waals surface area contributed by atoms with Gasteiger partial charge in [-0.05, 0) is 18.6 Å². The first kappa shape index (κ1) is 20.7. The number of amides is 1. The highest BCUT2D eigenvalue weighted by Gasteiger charge is 2.24. The van der Waals surface area contributed by atoms with E-state index in [1.54, 1.807) is 18.1 Å². The van der Waals surface area contributed by atoms with Crippen LogP contribution in [0.4, 0.5) is 5.69 Å². The van der Waals surface area contributed by atoms with Crippen LogP contribution in [0.15, 0.2) is 39.9 Å². The monoisotopic (exact) mass is 399 g/mol. The Morgan fingerprint density at radius 3 is 2.79 bits per heavy atom. The summed E-state index contributed by atoms with van der Waals surface area (Å²) in [6, 6.07) is 7.60. The number of hydrogen-bond donors (Lipinski definition) is 2. The molecule has 0 bridgehead atoms. The van der Waals surface area contributed by atoms with E-state index in [9.17, 15) is 4.79 Å². The van der Waals surface area contributed by atoms with Crippen molar-refractivity contribution in [2.45, 2.75) is 39.2 Å². The van der Waals surface area contributed by atoms with E-state index in [0.717, 1.165) is 23.6 Å². The molecule has 2 N–H and O–H groups in total. The number of carbonyl (C=O) groups is 1. The number of rotatable bonds is 6. The lowest BCUT2D eigenvalue weighted by Gasteiger charge is -2.29. The quantitative estimate of drug-likeness (QED) is 0.440. The van der Waals surface area contributed by atoms with Crippen LogP contribution in [0, 0.1) is 0 Å². The number of nitrogens with zero attached hydrogens (tertiary/aromatic N) is 3. The lowest BCUT2D eigenvalue weighted by atomic mass is 9.94. The lowest BCUT2D eigenvalue weighted by molar-refractivity contribution is -0.121. The predicted molar refractivity (Wildman–Crippen MR) is 112 cm³/mol. The molecule has 8 heteroatoms. The summed E-state index contributed by atoms with van der Waals surface area (Å²) in [7, 11) is 1.72. The Hall–Kier alpha value is -3.03. The Kier molecular flexibility index (Phi) is 6.41. The highest BCUT2D eigenvalue weighted by atomic mass is 16.5. The number of ether oxygens (including phenoxy) is 1. The standard InChI is InChI=1S/C21H29N5O3/c1-21(2,3)17-12-24-18(29-17)13-25-20(22-4)23-10-7-11-26-15-8-5-6-9-16(15)28-14-19(26)27/h5-6,8-9,12H,7,10-11,13-14H2,1-4H3,(H2,22,23,25). The van der Waals surface area contributed by atoms with Crippen molar-refractivity contribution in [3.63, 3.8) is 0 Å². The number of para-hydroxylation sites is 2. The van der Waals surface area contributed by atoms with Crippen molar-refractivity contribution in [3.05, 3.63) is 42.1 Å². The van der Waals surface area contributed by atoms with Gasteiger partial charge in [0.05, 0.1) is 18.4 Å². The number of aliphatic imine (C=N–C) groups is 1. The molecule has 1 aliphatic rings. The minimum absolute atomic E-state index is 0.0234. The molecule has 0 saturated heterocycles. The molecule has 8 nitrogen and oxygen atoms in total. The third-order valence-electron chi connectivity index (χ3n) is 4.58. The largest absolute Gasteiger partial charge is 0.482 e. The first-order valence-corrected chi connectivity index (χ1v) is 9.80. The molecule has 1 aromatic carbocycles. The van der Waals surface area contributed by atoms with E-state index in [4.69, 9.17) is 9.15 Å². The number of carbonyl (C=O) groups excluding carboxylic acids is 1. The van der Waals surface area contributed by atoms with Crippen molar-refractivity contribution < 1.29 is 13.9 Å². The zero-order chi connectivity index (χ0) is 20.9. The van der Waals surface area contributed by atoms with Gasteiger partial charge in [-0.1, -0.05) is 32.9 Å². The summed E-state index contributed by atoms with van der Waals surface area (Å²) in [6.45, 7) is 8.07. The first-order chi connectivity index (χ1) is 13.9. The van der Waals surface area contributed by atoms with Crippen LogP contribution in [-0.2, 0) is 16.8 Å². The Balaban J connectivity index is 1.45. The Morgan fingerprint density at radius 1 is 1.28 bits per heavy atom. The lowest BCUT2D eigenvalue weighted by Crippen LogP contribution is -2.42. The van der Waals surface area contributed by atoms with E-state index in [1.807, 2.05) is 24.3 Å². The van der Waals surface area contributed by atoms with E-state index in [-0.39, 0.29) is 17.9 Å². The molecule has 2 aromatic rings. The van der Waals surface area contributed by atoms with Gasteiger partial charge in [-0.2, -0.15) is 0 Å². The highest BCUT2D eigenvalue weighted by Crippen LogP contribution is 2.31. The summed E-state index contributed by atoms with van der Waals surface area (Å²) >= 11 is 0. The minimum atomic E-state index is -0.0687. The number of fused-ring (bicyclic) bond motifs is 1. The van der Waals surface area contributed by atoms with Crippen molar-refractivity contribution in [3.8, 4) is 5.75 Å². The van der Waals surface area contributed by atoms with Crippen LogP contribution in [0.1, 0.15) is 38.8 Å². The molecule has 0 atom stereocenters. The smallest absolute Gasteiger partial charge is 0.265 e. The molecule has 3 rings (SSSR count). The van der Waals surface area contributed by atoms with Crippen LogP contribution in [0.25, 0.3) is 0 Å². The molecule has 29 heavy (non-hydrogen) atoms. The van der Waals surface area contributed by atoms with Gasteiger partial charge in [0.2, 0.25) is 5.89 Å². The third-order valence-corrected chi connectivity index (χ3v) is 4.58. The van der Waals surface area contributed by atoms with E-state index in [1.165, 1.54) is 0 Å². The normalized spacial score (nSPS) is 14.4. The van der Waals surface area contributed by atoms with Crippen molar-refractivity contribution in [1.29, 1.82) is 0 Å². The second-order valence-corrected chi connectivity index (χ2v) is 7.88. The van der Waals surface area contributed by atoms with E-state index >= 15 is 0 Å². The van der Waals surface area contributed by atoms with Crippen LogP contribution >= 0.6 is 0 Å². The highest BCUT2D eigenvalue weighted by molar-refractivity contribution is 5.97. The van der Waals surface area contributed by atoms with Crippen LogP contribution in [0.5, 0.6) is 5.75 Å². The zero-order valence-corrected chi connectivity index (χ0v) is 17.5. The predicted octanol–water partition coefficient (Wildman–Crippen LogP) is 2.45. The van der Waals surface area contributed by atoms with Gasteiger partial charge in [0.15, 0.2) is 12.6 Å². The second-order valence-electron chi connectivity index (χ2n) is 7.88. The number of benzene rings is 1. The molecule has 0 radical (unpaired) electrons. The minimum Gasteiger partial charge on any atom is -0.482 e. The molecule has 1 amide bonds. The van der Waals surface area contributed by atoms with Crippen molar-refractivity contribution >= 4 is 17.6 Å². The molecular formula is C21H29N5O3. The summed E-state index contributed by atoms with van der Waals surface area (Å²) in [5, 5.41) is 6.45. The number of guanidine groups is 1. The van der Waals surface area contributed by atoms with Crippen LogP contribution < -0.4 is 20.3 Å². The number of anilines is 1. The molecular weight excluding hydrogens is 370 g/mol. The average molecular weight is 399 g/mol. The maximum absolute atomic E-state index is 12.2. The fourth-order valence-corrected chi connectivity index (χ4v) is 2.96. The van der Waals surface area contributed by atoms with Gasteiger partial charge in [0, 0.05) is 25.6 Å². The summed E-state index contributed by atoms with van der Waals surface area (Å²) in [6.07, 6.45) is 2.54. The number of oxazole rings is 1. The maximum atomic E-state index is 12.2. The van der Waals surface area contributed by atoms with Crippen molar-refractivity contribution in [2.75, 3.05) is 31.6 Å². The summed E-state index contributed by atoms with van der Waals surface area (Å²) < 4.78 is 11.3. The van der Waals surface area contributed by atoms with Crippen LogP contribution in [0.2, 0.25) is 0 Å². The van der Waals surface area contributed by atoms with Gasteiger partial charge in [0.25, 0.3) is 5.91 Å². The number of aromatic nitrogens is 1.